The van der Waals surface area contributed by atoms with Crippen LogP contribution in [0.5, 0.6) is 11.5 Å². The smallest absolute Gasteiger partial charge is 0.261 e. The van der Waals surface area contributed by atoms with Crippen LogP contribution >= 0.6 is 22.9 Å². The van der Waals surface area contributed by atoms with Gasteiger partial charge in [-0.15, -0.1) is 0 Å². The van der Waals surface area contributed by atoms with Crippen molar-refractivity contribution >= 4 is 44.2 Å². The predicted octanol–water partition coefficient (Wildman–Crippen LogP) is 4.57. The SMILES string of the molecule is COc1cc2nc(N(CCCN(C)C)C(=O)c3ccccc3Cl)sc2cc1OC. The molecule has 0 N–H and O–H groups in total. The number of halogens is 1. The molecule has 3 aromatic rings. The zero-order chi connectivity index (χ0) is 21.0. The van der Waals surface area contributed by atoms with Crippen molar-refractivity contribution in [2.24, 2.45) is 0 Å². The van der Waals surface area contributed by atoms with Crippen LogP contribution in [0.2, 0.25) is 5.02 Å². The van der Waals surface area contributed by atoms with E-state index in [-0.39, 0.29) is 5.91 Å². The molecule has 0 saturated heterocycles. The minimum absolute atomic E-state index is 0.160. The van der Waals surface area contributed by atoms with Crippen LogP contribution in [-0.2, 0) is 0 Å². The summed E-state index contributed by atoms with van der Waals surface area (Å²) >= 11 is 7.73. The minimum atomic E-state index is -0.160. The molecule has 0 aliphatic rings. The first kappa shape index (κ1) is 21.4. The fourth-order valence-corrected chi connectivity index (χ4v) is 4.18. The number of carbonyl (C=O) groups is 1. The Bertz CT molecular complexity index is 965. The molecule has 0 atom stereocenters. The summed E-state index contributed by atoms with van der Waals surface area (Å²) in [7, 11) is 7.21. The Morgan fingerprint density at radius 3 is 2.45 bits per heavy atom. The number of aromatic nitrogens is 1. The van der Waals surface area contributed by atoms with E-state index in [0.29, 0.717) is 33.8 Å². The van der Waals surface area contributed by atoms with Crippen molar-refractivity contribution in [3.8, 4) is 11.5 Å². The highest BCUT2D eigenvalue weighted by atomic mass is 35.5. The molecule has 0 saturated carbocycles. The summed E-state index contributed by atoms with van der Waals surface area (Å²) < 4.78 is 11.7. The molecular formula is C21H24ClN3O3S. The fraction of sp³-hybridized carbons (Fsp3) is 0.333. The van der Waals surface area contributed by atoms with Crippen LogP contribution in [0.1, 0.15) is 16.8 Å². The van der Waals surface area contributed by atoms with E-state index in [1.165, 1.54) is 11.3 Å². The molecule has 3 rings (SSSR count). The second kappa shape index (κ2) is 9.43. The summed E-state index contributed by atoms with van der Waals surface area (Å²) in [5.74, 6) is 1.08. The predicted molar refractivity (Wildman–Crippen MR) is 119 cm³/mol. The van der Waals surface area contributed by atoms with Gasteiger partial charge in [0.25, 0.3) is 5.91 Å². The molecule has 0 aliphatic carbocycles. The molecule has 1 heterocycles. The first-order valence-electron chi connectivity index (χ1n) is 9.18. The van der Waals surface area contributed by atoms with Crippen LogP contribution in [0.15, 0.2) is 36.4 Å². The number of amides is 1. The second-order valence-corrected chi connectivity index (χ2v) is 8.18. The maximum atomic E-state index is 13.3. The highest BCUT2D eigenvalue weighted by Gasteiger charge is 2.23. The van der Waals surface area contributed by atoms with Crippen LogP contribution in [0.4, 0.5) is 5.13 Å². The van der Waals surface area contributed by atoms with Gasteiger partial charge in [0.2, 0.25) is 0 Å². The van der Waals surface area contributed by atoms with Crippen molar-refractivity contribution in [3.63, 3.8) is 0 Å². The Kier molecular flexibility index (Phi) is 6.95. The van der Waals surface area contributed by atoms with E-state index >= 15 is 0 Å². The third-order valence-electron chi connectivity index (χ3n) is 4.45. The largest absolute Gasteiger partial charge is 0.493 e. The monoisotopic (exact) mass is 433 g/mol. The Labute approximate surface area is 179 Å². The van der Waals surface area contributed by atoms with E-state index in [1.807, 2.05) is 38.4 Å². The molecule has 0 unspecified atom stereocenters. The topological polar surface area (TPSA) is 54.9 Å². The minimum Gasteiger partial charge on any atom is -0.493 e. The van der Waals surface area contributed by atoms with Gasteiger partial charge < -0.3 is 14.4 Å². The molecule has 1 amide bonds. The van der Waals surface area contributed by atoms with Crippen LogP contribution in [0.25, 0.3) is 10.2 Å². The first-order chi connectivity index (χ1) is 13.9. The van der Waals surface area contributed by atoms with Gasteiger partial charge in [0.1, 0.15) is 0 Å². The quantitative estimate of drug-likeness (QED) is 0.521. The molecule has 0 spiro atoms. The maximum absolute atomic E-state index is 13.3. The molecule has 6 nitrogen and oxygen atoms in total. The van der Waals surface area contributed by atoms with Gasteiger partial charge >= 0.3 is 0 Å². The Morgan fingerprint density at radius 1 is 1.10 bits per heavy atom. The third-order valence-corrected chi connectivity index (χ3v) is 5.82. The Hall–Kier alpha value is -2.35. The van der Waals surface area contributed by atoms with Gasteiger partial charge in [-0.3, -0.25) is 9.69 Å². The molecule has 154 valence electrons. The number of nitrogens with zero attached hydrogens (tertiary/aromatic N) is 3. The number of fused-ring (bicyclic) bond motifs is 1. The highest BCUT2D eigenvalue weighted by molar-refractivity contribution is 7.22. The van der Waals surface area contributed by atoms with Crippen molar-refractivity contribution in [3.05, 3.63) is 47.0 Å². The zero-order valence-corrected chi connectivity index (χ0v) is 18.5. The lowest BCUT2D eigenvalue weighted by Gasteiger charge is -2.21. The number of hydrogen-bond donors (Lipinski definition) is 0. The molecule has 0 bridgehead atoms. The van der Waals surface area contributed by atoms with E-state index in [9.17, 15) is 4.79 Å². The summed E-state index contributed by atoms with van der Waals surface area (Å²) in [4.78, 5) is 21.8. The van der Waals surface area contributed by atoms with Crippen molar-refractivity contribution in [1.29, 1.82) is 0 Å². The Morgan fingerprint density at radius 2 is 1.79 bits per heavy atom. The van der Waals surface area contributed by atoms with Crippen LogP contribution in [0.3, 0.4) is 0 Å². The van der Waals surface area contributed by atoms with Crippen molar-refractivity contribution < 1.29 is 14.3 Å². The maximum Gasteiger partial charge on any atom is 0.261 e. The average Bonchev–Trinajstić information content (AvgIpc) is 3.12. The second-order valence-electron chi connectivity index (χ2n) is 6.76. The number of benzene rings is 2. The lowest BCUT2D eigenvalue weighted by Crippen LogP contribution is -2.33. The fourth-order valence-electron chi connectivity index (χ4n) is 2.97. The number of thiazole rings is 1. The van der Waals surface area contributed by atoms with Crippen molar-refractivity contribution in [1.82, 2.24) is 9.88 Å². The van der Waals surface area contributed by atoms with Gasteiger partial charge in [-0.05, 0) is 39.2 Å². The standard InChI is InChI=1S/C21H24ClN3O3S/c1-24(2)10-7-11-25(20(26)14-8-5-6-9-15(14)22)21-23-16-12-17(27-3)18(28-4)13-19(16)29-21/h5-6,8-9,12-13H,7,10-11H2,1-4H3. The lowest BCUT2D eigenvalue weighted by molar-refractivity contribution is 0.0986. The van der Waals surface area contributed by atoms with Crippen LogP contribution in [0, 0.1) is 0 Å². The summed E-state index contributed by atoms with van der Waals surface area (Å²) in [5, 5.41) is 1.05. The van der Waals surface area contributed by atoms with E-state index in [0.717, 1.165) is 23.2 Å². The number of hydrogen-bond acceptors (Lipinski definition) is 6. The van der Waals surface area contributed by atoms with Gasteiger partial charge in [-0.25, -0.2) is 4.98 Å². The number of anilines is 1. The zero-order valence-electron chi connectivity index (χ0n) is 16.9. The van der Waals surface area contributed by atoms with Crippen molar-refractivity contribution in [2.45, 2.75) is 6.42 Å². The van der Waals surface area contributed by atoms with E-state index in [4.69, 9.17) is 26.1 Å². The summed E-state index contributed by atoms with van der Waals surface area (Å²) in [5.41, 5.74) is 1.22. The Balaban J connectivity index is 2.01. The summed E-state index contributed by atoms with van der Waals surface area (Å²) in [6.45, 7) is 1.40. The van der Waals surface area contributed by atoms with Gasteiger partial charge in [0.05, 0.1) is 35.0 Å². The van der Waals surface area contributed by atoms with Gasteiger partial charge in [-0.1, -0.05) is 35.1 Å². The molecule has 8 heteroatoms. The van der Waals surface area contributed by atoms with Crippen LogP contribution < -0.4 is 14.4 Å². The van der Waals surface area contributed by atoms with E-state index in [2.05, 4.69) is 4.90 Å². The molecule has 1 aromatic heterocycles. The normalized spacial score (nSPS) is 11.1. The van der Waals surface area contributed by atoms with E-state index in [1.54, 1.807) is 31.3 Å². The number of carbonyl (C=O) groups excluding carboxylic acids is 1. The molecule has 0 radical (unpaired) electrons. The molecule has 0 aliphatic heterocycles. The van der Waals surface area contributed by atoms with Crippen LogP contribution in [-0.4, -0.2) is 57.2 Å². The first-order valence-corrected chi connectivity index (χ1v) is 10.4. The number of methoxy groups -OCH3 is 2. The van der Waals surface area contributed by atoms with Gasteiger partial charge in [-0.2, -0.15) is 0 Å². The molecule has 0 fully saturated rings. The number of ether oxygens (including phenoxy) is 2. The van der Waals surface area contributed by atoms with Gasteiger partial charge in [0, 0.05) is 18.7 Å². The molecular weight excluding hydrogens is 410 g/mol. The highest BCUT2D eigenvalue weighted by Crippen LogP contribution is 2.37. The lowest BCUT2D eigenvalue weighted by atomic mass is 10.2. The number of rotatable bonds is 8. The third kappa shape index (κ3) is 4.80. The summed E-state index contributed by atoms with van der Waals surface area (Å²) in [6.07, 6.45) is 0.811. The van der Waals surface area contributed by atoms with Crippen molar-refractivity contribution in [2.75, 3.05) is 46.3 Å². The van der Waals surface area contributed by atoms with Gasteiger partial charge in [0.15, 0.2) is 16.6 Å². The van der Waals surface area contributed by atoms with E-state index < -0.39 is 0 Å². The summed E-state index contributed by atoms with van der Waals surface area (Å²) in [6, 6.07) is 10.8. The molecule has 29 heavy (non-hydrogen) atoms. The molecule has 2 aromatic carbocycles. The average molecular weight is 434 g/mol.